The van der Waals surface area contributed by atoms with E-state index in [4.69, 9.17) is 21.4 Å². The van der Waals surface area contributed by atoms with Gasteiger partial charge in [0.1, 0.15) is 11.8 Å². The second-order valence-corrected chi connectivity index (χ2v) is 4.43. The maximum Gasteiger partial charge on any atom is 0.326 e. The summed E-state index contributed by atoms with van der Waals surface area (Å²) in [7, 11) is 0. The minimum Gasteiger partial charge on any atom is -0.484 e. The van der Waals surface area contributed by atoms with Crippen molar-refractivity contribution in [3.8, 4) is 5.75 Å². The minimum atomic E-state index is -1.04. The first-order chi connectivity index (χ1) is 9.02. The molecule has 104 valence electrons. The molecule has 5 nitrogen and oxygen atoms in total. The van der Waals surface area contributed by atoms with E-state index in [-0.39, 0.29) is 6.61 Å². The molecule has 1 atom stereocenters. The van der Waals surface area contributed by atoms with Crippen LogP contribution in [0.25, 0.3) is 0 Å². The Morgan fingerprint density at radius 1 is 1.47 bits per heavy atom. The van der Waals surface area contributed by atoms with Crippen molar-refractivity contribution in [2.24, 2.45) is 0 Å². The predicted octanol–water partition coefficient (Wildman–Crippen LogP) is 2.09. The number of carbonyl (C=O) groups excluding carboxylic acids is 1. The number of hydrogen-bond acceptors (Lipinski definition) is 3. The van der Waals surface area contributed by atoms with Gasteiger partial charge in [0, 0.05) is 5.02 Å². The van der Waals surface area contributed by atoms with Gasteiger partial charge in [0.25, 0.3) is 5.91 Å². The second-order valence-electron chi connectivity index (χ2n) is 3.99. The van der Waals surface area contributed by atoms with Gasteiger partial charge in [0.05, 0.1) is 0 Å². The molecule has 0 heterocycles. The van der Waals surface area contributed by atoms with E-state index in [0.29, 0.717) is 23.6 Å². The lowest BCUT2D eigenvalue weighted by molar-refractivity contribution is -0.142. The van der Waals surface area contributed by atoms with Crippen LogP contribution in [-0.4, -0.2) is 29.6 Å². The van der Waals surface area contributed by atoms with Crippen molar-refractivity contribution in [2.75, 3.05) is 6.61 Å². The molecule has 0 aromatic heterocycles. The summed E-state index contributed by atoms with van der Waals surface area (Å²) < 4.78 is 5.22. The third kappa shape index (κ3) is 5.61. The number of halogens is 1. The van der Waals surface area contributed by atoms with Gasteiger partial charge in [-0.05, 0) is 24.6 Å². The van der Waals surface area contributed by atoms with Crippen molar-refractivity contribution in [3.05, 3.63) is 29.3 Å². The molecule has 0 saturated carbocycles. The SMILES string of the molecule is CCCC(NC(=O)COc1cccc(Cl)c1)C(=O)O. The molecular formula is C13H16ClNO4. The maximum atomic E-state index is 11.6. The Morgan fingerprint density at radius 3 is 2.79 bits per heavy atom. The monoisotopic (exact) mass is 285 g/mol. The van der Waals surface area contributed by atoms with Crippen molar-refractivity contribution < 1.29 is 19.4 Å². The first kappa shape index (κ1) is 15.3. The van der Waals surface area contributed by atoms with Crippen LogP contribution in [0.1, 0.15) is 19.8 Å². The van der Waals surface area contributed by atoms with E-state index >= 15 is 0 Å². The van der Waals surface area contributed by atoms with Crippen molar-refractivity contribution in [1.29, 1.82) is 0 Å². The molecule has 0 fully saturated rings. The third-order valence-electron chi connectivity index (χ3n) is 2.38. The summed E-state index contributed by atoms with van der Waals surface area (Å²) in [6.45, 7) is 1.61. The highest BCUT2D eigenvalue weighted by atomic mass is 35.5. The average molecular weight is 286 g/mol. The van der Waals surface area contributed by atoms with E-state index in [2.05, 4.69) is 5.32 Å². The summed E-state index contributed by atoms with van der Waals surface area (Å²) in [4.78, 5) is 22.4. The van der Waals surface area contributed by atoms with Crippen LogP contribution < -0.4 is 10.1 Å². The smallest absolute Gasteiger partial charge is 0.326 e. The summed E-state index contributed by atoms with van der Waals surface area (Å²) in [5.74, 6) is -1.05. The van der Waals surface area contributed by atoms with Crippen molar-refractivity contribution in [3.63, 3.8) is 0 Å². The summed E-state index contributed by atoms with van der Waals surface area (Å²) in [5.41, 5.74) is 0. The van der Waals surface area contributed by atoms with Crippen LogP contribution in [0.3, 0.4) is 0 Å². The molecule has 0 saturated heterocycles. The molecule has 0 aliphatic rings. The highest BCUT2D eigenvalue weighted by Crippen LogP contribution is 2.16. The molecule has 1 rings (SSSR count). The number of amides is 1. The van der Waals surface area contributed by atoms with E-state index in [1.165, 1.54) is 0 Å². The van der Waals surface area contributed by atoms with Gasteiger partial charge in [-0.15, -0.1) is 0 Å². The fourth-order valence-corrected chi connectivity index (χ4v) is 1.67. The van der Waals surface area contributed by atoms with Gasteiger partial charge in [0.15, 0.2) is 6.61 Å². The zero-order valence-electron chi connectivity index (χ0n) is 10.6. The lowest BCUT2D eigenvalue weighted by Gasteiger charge is -2.13. The van der Waals surface area contributed by atoms with Crippen molar-refractivity contribution in [2.45, 2.75) is 25.8 Å². The predicted molar refractivity (Wildman–Crippen MR) is 71.4 cm³/mol. The molecular weight excluding hydrogens is 270 g/mol. The summed E-state index contributed by atoms with van der Waals surface area (Å²) >= 11 is 5.77. The van der Waals surface area contributed by atoms with Crippen molar-refractivity contribution >= 4 is 23.5 Å². The van der Waals surface area contributed by atoms with Crippen LogP contribution in [-0.2, 0) is 9.59 Å². The molecule has 0 aliphatic carbocycles. The Bertz CT molecular complexity index is 450. The standard InChI is InChI=1S/C13H16ClNO4/c1-2-4-11(13(17)18)15-12(16)8-19-10-6-3-5-9(14)7-10/h3,5-7,11H,2,4,8H2,1H3,(H,15,16)(H,17,18). The van der Waals surface area contributed by atoms with Crippen LogP contribution in [0.2, 0.25) is 5.02 Å². The summed E-state index contributed by atoms with van der Waals surface area (Å²) in [6.07, 6.45) is 1.06. The molecule has 6 heteroatoms. The zero-order valence-corrected chi connectivity index (χ0v) is 11.3. The maximum absolute atomic E-state index is 11.6. The molecule has 19 heavy (non-hydrogen) atoms. The number of carboxylic acid groups (broad SMARTS) is 1. The molecule has 1 aromatic carbocycles. The van der Waals surface area contributed by atoms with Gasteiger partial charge < -0.3 is 15.2 Å². The number of ether oxygens (including phenoxy) is 1. The van der Waals surface area contributed by atoms with Crippen molar-refractivity contribution in [1.82, 2.24) is 5.32 Å². The summed E-state index contributed by atoms with van der Waals surface area (Å²) in [6, 6.07) is 5.76. The molecule has 1 amide bonds. The van der Waals surface area contributed by atoms with Crippen LogP contribution in [0.15, 0.2) is 24.3 Å². The number of rotatable bonds is 7. The highest BCUT2D eigenvalue weighted by molar-refractivity contribution is 6.30. The molecule has 1 aromatic rings. The second kappa shape index (κ2) is 7.63. The largest absolute Gasteiger partial charge is 0.484 e. The number of benzene rings is 1. The minimum absolute atomic E-state index is 0.242. The Morgan fingerprint density at radius 2 is 2.21 bits per heavy atom. The molecule has 0 radical (unpaired) electrons. The van der Waals surface area contributed by atoms with Crippen LogP contribution in [0.5, 0.6) is 5.75 Å². The van der Waals surface area contributed by atoms with Gasteiger partial charge in [-0.3, -0.25) is 4.79 Å². The summed E-state index contributed by atoms with van der Waals surface area (Å²) in [5, 5.41) is 11.8. The van der Waals surface area contributed by atoms with Gasteiger partial charge in [0.2, 0.25) is 0 Å². The average Bonchev–Trinajstić information content (AvgIpc) is 2.36. The van der Waals surface area contributed by atoms with Gasteiger partial charge in [-0.1, -0.05) is 31.0 Å². The molecule has 0 spiro atoms. The number of hydrogen-bond donors (Lipinski definition) is 2. The fraction of sp³-hybridized carbons (Fsp3) is 0.385. The Kier molecular flexibility index (Phi) is 6.15. The fourth-order valence-electron chi connectivity index (χ4n) is 1.49. The number of carbonyl (C=O) groups is 2. The van der Waals surface area contributed by atoms with Gasteiger partial charge in [-0.25, -0.2) is 4.79 Å². The van der Waals surface area contributed by atoms with E-state index < -0.39 is 17.9 Å². The lowest BCUT2D eigenvalue weighted by Crippen LogP contribution is -2.42. The van der Waals surface area contributed by atoms with E-state index in [9.17, 15) is 9.59 Å². The Balaban J connectivity index is 2.44. The normalized spacial score (nSPS) is 11.7. The third-order valence-corrected chi connectivity index (χ3v) is 2.61. The van der Waals surface area contributed by atoms with Gasteiger partial charge in [-0.2, -0.15) is 0 Å². The number of aliphatic carboxylic acids is 1. The number of carboxylic acids is 1. The van der Waals surface area contributed by atoms with Crippen LogP contribution >= 0.6 is 11.6 Å². The van der Waals surface area contributed by atoms with Crippen LogP contribution in [0.4, 0.5) is 0 Å². The first-order valence-electron chi connectivity index (χ1n) is 5.93. The topological polar surface area (TPSA) is 75.6 Å². The molecule has 2 N–H and O–H groups in total. The first-order valence-corrected chi connectivity index (χ1v) is 6.31. The van der Waals surface area contributed by atoms with E-state index in [1.807, 2.05) is 6.92 Å². The van der Waals surface area contributed by atoms with Crippen LogP contribution in [0, 0.1) is 0 Å². The molecule has 0 aliphatic heterocycles. The van der Waals surface area contributed by atoms with Gasteiger partial charge >= 0.3 is 5.97 Å². The number of nitrogens with one attached hydrogen (secondary N) is 1. The molecule has 0 bridgehead atoms. The zero-order chi connectivity index (χ0) is 14.3. The quantitative estimate of drug-likeness (QED) is 0.804. The Hall–Kier alpha value is -1.75. The Labute approximate surface area is 116 Å². The van der Waals surface area contributed by atoms with E-state index in [1.54, 1.807) is 24.3 Å². The highest BCUT2D eigenvalue weighted by Gasteiger charge is 2.18. The molecule has 1 unspecified atom stereocenters. The van der Waals surface area contributed by atoms with E-state index in [0.717, 1.165) is 0 Å². The lowest BCUT2D eigenvalue weighted by atomic mass is 10.2.